The van der Waals surface area contributed by atoms with E-state index < -0.39 is 49.9 Å². The van der Waals surface area contributed by atoms with Crippen LogP contribution in [0.2, 0.25) is 0 Å². The highest BCUT2D eigenvalue weighted by atomic mass is 19.1. The maximum absolute atomic E-state index is 12.6. The molecule has 2 aromatic carbocycles. The summed E-state index contributed by atoms with van der Waals surface area (Å²) >= 11 is 0. The Bertz CT molecular complexity index is 1040. The van der Waals surface area contributed by atoms with Gasteiger partial charge in [0.1, 0.15) is 31.7 Å². The molecular weight excluding hydrogens is 496 g/mol. The summed E-state index contributed by atoms with van der Waals surface area (Å²) in [6, 6.07) is 10.0. The Morgan fingerprint density at radius 3 is 2.08 bits per heavy atom. The average Bonchev–Trinajstić information content (AvgIpc) is 2.86. The number of nitrogens with zero attached hydrogens (tertiary/aromatic N) is 1. The van der Waals surface area contributed by atoms with Gasteiger partial charge in [0.25, 0.3) is 0 Å². The Balaban J connectivity index is 1.81. The van der Waals surface area contributed by atoms with Gasteiger partial charge < -0.3 is 35.2 Å². The van der Waals surface area contributed by atoms with Gasteiger partial charge in [0.2, 0.25) is 0 Å². The predicted octanol–water partition coefficient (Wildman–Crippen LogP) is 3.59. The molecule has 0 saturated heterocycles. The zero-order valence-corrected chi connectivity index (χ0v) is 19.7. The highest BCUT2D eigenvalue weighted by molar-refractivity contribution is 5.92. The van der Waals surface area contributed by atoms with Gasteiger partial charge >= 0.3 is 24.1 Å². The molecule has 2 aromatic rings. The van der Waals surface area contributed by atoms with Crippen molar-refractivity contribution < 1.29 is 47.6 Å². The maximum atomic E-state index is 12.6. The summed E-state index contributed by atoms with van der Waals surface area (Å²) in [4.78, 5) is 47.3. The van der Waals surface area contributed by atoms with Crippen molar-refractivity contribution in [3.63, 3.8) is 0 Å². The molecule has 0 radical (unpaired) electrons. The third-order valence-corrected chi connectivity index (χ3v) is 4.93. The van der Waals surface area contributed by atoms with Crippen molar-refractivity contribution >= 4 is 35.5 Å². The van der Waals surface area contributed by atoms with Crippen molar-refractivity contribution in [2.45, 2.75) is 25.5 Å². The smallest absolute Gasteiger partial charge is 0.481 e. The molecule has 13 heteroatoms. The summed E-state index contributed by atoms with van der Waals surface area (Å²) in [7, 11) is 0. The van der Waals surface area contributed by atoms with E-state index in [1.165, 1.54) is 29.2 Å². The Morgan fingerprint density at radius 2 is 1.54 bits per heavy atom. The molecule has 0 unspecified atom stereocenters. The summed E-state index contributed by atoms with van der Waals surface area (Å²) in [6.07, 6.45) is -1.66. The molecule has 0 heterocycles. The summed E-state index contributed by atoms with van der Waals surface area (Å²) in [6.45, 7) is -1.31. The molecule has 0 fully saturated rings. The number of rotatable bonds is 14. The third kappa shape index (κ3) is 10.4. The van der Waals surface area contributed by atoms with E-state index in [2.05, 4.69) is 10.6 Å². The van der Waals surface area contributed by atoms with Crippen LogP contribution in [0.15, 0.2) is 48.5 Å². The zero-order chi connectivity index (χ0) is 27.2. The number of carbonyl (C=O) groups is 4. The topological polar surface area (TPSA) is 154 Å². The minimum atomic E-state index is -1.37. The number of anilines is 2. The molecule has 37 heavy (non-hydrogen) atoms. The van der Waals surface area contributed by atoms with Gasteiger partial charge in [-0.15, -0.1) is 0 Å². The summed E-state index contributed by atoms with van der Waals surface area (Å²) in [5, 5.41) is 22.4. The monoisotopic (exact) mass is 523 g/mol. The number of benzene rings is 2. The molecule has 0 aliphatic carbocycles. The van der Waals surface area contributed by atoms with Crippen LogP contribution in [0.5, 0.6) is 5.75 Å². The molecule has 0 aliphatic heterocycles. The van der Waals surface area contributed by atoms with Crippen molar-refractivity contribution in [3.05, 3.63) is 54.1 Å². The molecule has 200 valence electrons. The first-order valence-electron chi connectivity index (χ1n) is 11.1. The first-order chi connectivity index (χ1) is 17.7. The van der Waals surface area contributed by atoms with Crippen molar-refractivity contribution in [2.75, 3.05) is 36.7 Å². The number of carboxylic acids is 2. The molecule has 2 rings (SSSR count). The molecule has 1 atom stereocenters. The number of hydrogen-bond acceptors (Lipinski definition) is 7. The fourth-order valence-electron chi connectivity index (χ4n) is 3.10. The second-order valence-electron chi connectivity index (χ2n) is 7.62. The van der Waals surface area contributed by atoms with E-state index in [0.29, 0.717) is 16.9 Å². The van der Waals surface area contributed by atoms with Gasteiger partial charge in [0.05, 0.1) is 0 Å². The fourth-order valence-corrected chi connectivity index (χ4v) is 3.10. The molecular formula is C24H27F2N3O8. The number of amides is 2. The number of nitrogens with one attached hydrogen (secondary N) is 2. The molecule has 0 aliphatic rings. The number of urea groups is 1. The van der Waals surface area contributed by atoms with Gasteiger partial charge in [0, 0.05) is 30.9 Å². The van der Waals surface area contributed by atoms with Gasteiger partial charge in [-0.1, -0.05) is 12.1 Å². The van der Waals surface area contributed by atoms with E-state index in [0.717, 1.165) is 0 Å². The lowest BCUT2D eigenvalue weighted by Gasteiger charge is -2.22. The van der Waals surface area contributed by atoms with Crippen LogP contribution in [0.4, 0.5) is 29.7 Å². The van der Waals surface area contributed by atoms with Crippen LogP contribution in [0.1, 0.15) is 18.4 Å². The molecule has 0 spiro atoms. The predicted molar refractivity (Wildman–Crippen MR) is 128 cm³/mol. The summed E-state index contributed by atoms with van der Waals surface area (Å²) < 4.78 is 35.4. The number of hydrogen-bond donors (Lipinski definition) is 4. The van der Waals surface area contributed by atoms with Crippen LogP contribution in [-0.4, -0.2) is 66.8 Å². The van der Waals surface area contributed by atoms with E-state index in [4.69, 9.17) is 19.7 Å². The first kappa shape index (κ1) is 28.8. The highest BCUT2D eigenvalue weighted by Crippen LogP contribution is 2.20. The number of halogens is 2. The lowest BCUT2D eigenvalue weighted by atomic mass is 10.1. The van der Waals surface area contributed by atoms with Gasteiger partial charge in [-0.3, -0.25) is 4.79 Å². The normalized spacial score (nSPS) is 11.2. The molecule has 2 amide bonds. The maximum Gasteiger partial charge on any atom is 0.514 e. The van der Waals surface area contributed by atoms with Crippen LogP contribution >= 0.6 is 0 Å². The van der Waals surface area contributed by atoms with E-state index >= 15 is 0 Å². The number of alkyl halides is 2. The Labute approximate surface area is 211 Å². The summed E-state index contributed by atoms with van der Waals surface area (Å²) in [5.41, 5.74) is 1.47. The molecule has 0 bridgehead atoms. The molecule has 0 saturated carbocycles. The van der Waals surface area contributed by atoms with E-state index in [9.17, 15) is 28.0 Å². The number of ether oxygens (including phenoxy) is 2. The quantitative estimate of drug-likeness (QED) is 0.215. The molecule has 4 N–H and O–H groups in total. The lowest BCUT2D eigenvalue weighted by Crippen LogP contribution is -2.43. The van der Waals surface area contributed by atoms with Gasteiger partial charge in [-0.2, -0.15) is 0 Å². The fraction of sp³-hybridized carbons (Fsp3) is 0.333. The van der Waals surface area contributed by atoms with Crippen LogP contribution < -0.4 is 20.3 Å². The number of carbonyl (C=O) groups excluding carboxylic acids is 2. The second kappa shape index (κ2) is 14.9. The molecule has 11 nitrogen and oxygen atoms in total. The van der Waals surface area contributed by atoms with Gasteiger partial charge in [-0.05, 0) is 48.4 Å². The SMILES string of the molecule is O=C(O)CC[C@H](NC(=O)Nc1ccc(COC(=O)Oc2ccc(N(CCF)CCF)cc2)cc1)C(=O)O. The lowest BCUT2D eigenvalue weighted by molar-refractivity contribution is -0.140. The number of aliphatic carboxylic acids is 2. The van der Waals surface area contributed by atoms with E-state index in [1.807, 2.05) is 0 Å². The Morgan fingerprint density at radius 1 is 0.919 bits per heavy atom. The van der Waals surface area contributed by atoms with Gasteiger partial charge in [0.15, 0.2) is 0 Å². The van der Waals surface area contributed by atoms with E-state index in [-0.39, 0.29) is 31.9 Å². The van der Waals surface area contributed by atoms with Crippen LogP contribution in [-0.2, 0) is 20.9 Å². The Hall–Kier alpha value is -4.42. The van der Waals surface area contributed by atoms with Crippen LogP contribution in [0.25, 0.3) is 0 Å². The standard InChI is InChI=1S/C24H27F2N3O8/c25-11-13-29(14-12-26)18-5-7-19(8-6-18)37-24(35)36-15-16-1-3-17(4-2-16)27-23(34)28-20(22(32)33)9-10-21(30)31/h1-8,20H,9-15H2,(H,30,31)(H,32,33)(H2,27,28,34)/t20-/m0/s1. The Kier molecular flexibility index (Phi) is 11.6. The molecule has 0 aromatic heterocycles. The van der Waals surface area contributed by atoms with Crippen molar-refractivity contribution in [1.82, 2.24) is 5.32 Å². The number of carboxylic acid groups (broad SMARTS) is 2. The van der Waals surface area contributed by atoms with E-state index in [1.54, 1.807) is 24.3 Å². The summed E-state index contributed by atoms with van der Waals surface area (Å²) in [5.74, 6) is -2.36. The highest BCUT2D eigenvalue weighted by Gasteiger charge is 2.21. The van der Waals surface area contributed by atoms with Crippen molar-refractivity contribution in [2.24, 2.45) is 0 Å². The largest absolute Gasteiger partial charge is 0.514 e. The van der Waals surface area contributed by atoms with Crippen LogP contribution in [0, 0.1) is 0 Å². The minimum Gasteiger partial charge on any atom is -0.481 e. The first-order valence-corrected chi connectivity index (χ1v) is 11.1. The third-order valence-electron chi connectivity index (χ3n) is 4.93. The van der Waals surface area contributed by atoms with Crippen molar-refractivity contribution in [3.8, 4) is 5.75 Å². The van der Waals surface area contributed by atoms with Gasteiger partial charge in [-0.25, -0.2) is 23.2 Å². The van der Waals surface area contributed by atoms with Crippen LogP contribution in [0.3, 0.4) is 0 Å². The zero-order valence-electron chi connectivity index (χ0n) is 19.7. The minimum absolute atomic E-state index is 0.0425. The average molecular weight is 523 g/mol. The second-order valence-corrected chi connectivity index (χ2v) is 7.62. The van der Waals surface area contributed by atoms with Crippen molar-refractivity contribution in [1.29, 1.82) is 0 Å².